The summed E-state index contributed by atoms with van der Waals surface area (Å²) in [6, 6.07) is 9.01. The lowest BCUT2D eigenvalue weighted by molar-refractivity contribution is -0.144. The molecule has 1 amide bonds. The average molecular weight is 474 g/mol. The fraction of sp³-hybridized carbons (Fsp3) is 0.304. The van der Waals surface area contributed by atoms with Crippen LogP contribution < -0.4 is 5.32 Å². The van der Waals surface area contributed by atoms with Gasteiger partial charge in [-0.1, -0.05) is 11.2 Å². The van der Waals surface area contributed by atoms with Gasteiger partial charge in [0.25, 0.3) is 5.91 Å². The zero-order valence-electron chi connectivity index (χ0n) is 18.8. The minimum atomic E-state index is -1.70. The number of carbonyl (C=O) groups excluding carboxylic acids is 1. The van der Waals surface area contributed by atoms with Gasteiger partial charge in [0.1, 0.15) is 5.69 Å². The quantitative estimate of drug-likeness (QED) is 0.424. The summed E-state index contributed by atoms with van der Waals surface area (Å²) in [4.78, 5) is 27.4. The largest absolute Gasteiger partial charge is 0.377 e. The lowest BCUT2D eigenvalue weighted by Crippen LogP contribution is -2.35. The third kappa shape index (κ3) is 3.82. The highest BCUT2D eigenvalue weighted by Crippen LogP contribution is 2.34. The number of ether oxygens (including phenoxy) is 1. The van der Waals surface area contributed by atoms with E-state index >= 15 is 0 Å². The Kier molecular flexibility index (Phi) is 5.04. The molecule has 4 aromatic rings. The van der Waals surface area contributed by atoms with Crippen LogP contribution in [0.1, 0.15) is 18.2 Å². The number of aromatic nitrogens is 6. The number of aliphatic hydroxyl groups is 1. The van der Waals surface area contributed by atoms with Gasteiger partial charge in [-0.2, -0.15) is 5.10 Å². The number of nitrogens with zero attached hydrogens (tertiary/aromatic N) is 7. The minimum Gasteiger partial charge on any atom is -0.377 e. The molecule has 4 aromatic heterocycles. The van der Waals surface area contributed by atoms with Crippen molar-refractivity contribution in [2.45, 2.75) is 18.1 Å². The monoisotopic (exact) mass is 474 g/mol. The van der Waals surface area contributed by atoms with Gasteiger partial charge in [-0.05, 0) is 18.2 Å². The molecule has 0 bridgehead atoms. The van der Waals surface area contributed by atoms with Gasteiger partial charge < -0.3 is 24.6 Å². The summed E-state index contributed by atoms with van der Waals surface area (Å²) in [5.74, 6) is 0.111. The molecule has 12 heteroatoms. The van der Waals surface area contributed by atoms with E-state index in [9.17, 15) is 9.90 Å². The Labute approximate surface area is 199 Å². The van der Waals surface area contributed by atoms with Gasteiger partial charge in [0.05, 0.1) is 48.2 Å². The van der Waals surface area contributed by atoms with Gasteiger partial charge in [0.2, 0.25) is 11.5 Å². The van der Waals surface area contributed by atoms with E-state index in [1.165, 1.54) is 4.90 Å². The second-order valence-corrected chi connectivity index (χ2v) is 8.61. The molecule has 6 rings (SSSR count). The van der Waals surface area contributed by atoms with E-state index in [0.717, 1.165) is 5.69 Å². The summed E-state index contributed by atoms with van der Waals surface area (Å²) in [5, 5.41) is 22.4. The van der Waals surface area contributed by atoms with Crippen molar-refractivity contribution in [1.82, 2.24) is 34.8 Å². The second-order valence-electron chi connectivity index (χ2n) is 8.61. The van der Waals surface area contributed by atoms with Crippen molar-refractivity contribution < 1.29 is 19.2 Å². The highest BCUT2D eigenvalue weighted by molar-refractivity contribution is 5.87. The highest BCUT2D eigenvalue weighted by Gasteiger charge is 2.48. The molecule has 0 aliphatic carbocycles. The number of hydrogen-bond donors (Lipinski definition) is 2. The number of hydrogen-bond acceptors (Lipinski definition) is 10. The molecule has 0 radical (unpaired) electrons. The fourth-order valence-electron chi connectivity index (χ4n) is 4.06. The standard InChI is InChI=1S/C23H22N8O4/c1-30-8-6-23(33,21(30)32)20-9-19(29-35-20)17-4-2-3-16(27-17)18-5-7-24-22(28-18)26-14-10-25-31(11-14)15-12-34-13-15/h2-5,7,9-11,15,33H,6,8,12-13H2,1H3,(H,24,26,28)/t23-/m1/s1. The number of amides is 1. The topological polar surface area (TPSA) is 144 Å². The smallest absolute Gasteiger partial charge is 0.262 e. The molecular formula is C23H22N8O4. The predicted molar refractivity (Wildman–Crippen MR) is 122 cm³/mol. The van der Waals surface area contributed by atoms with E-state index in [0.29, 0.717) is 48.5 Å². The molecule has 0 unspecified atom stereocenters. The Morgan fingerprint density at radius 1 is 1.14 bits per heavy atom. The molecule has 2 aliphatic heterocycles. The van der Waals surface area contributed by atoms with E-state index in [1.54, 1.807) is 37.6 Å². The van der Waals surface area contributed by atoms with Crippen LogP contribution >= 0.6 is 0 Å². The minimum absolute atomic E-state index is 0.108. The van der Waals surface area contributed by atoms with E-state index in [-0.39, 0.29) is 18.2 Å². The van der Waals surface area contributed by atoms with E-state index < -0.39 is 11.5 Å². The van der Waals surface area contributed by atoms with Gasteiger partial charge in [-0.3, -0.25) is 9.48 Å². The average Bonchev–Trinajstić information content (AvgIpc) is 3.57. The lowest BCUT2D eigenvalue weighted by Gasteiger charge is -2.25. The SMILES string of the molecule is CN1CC[C@@](O)(c2cc(-c3cccc(-c4ccnc(Nc5cnn(C6COC6)c5)n4)n3)no2)C1=O. The third-order valence-electron chi connectivity index (χ3n) is 6.21. The van der Waals surface area contributed by atoms with Crippen LogP contribution in [-0.2, 0) is 15.1 Å². The molecule has 178 valence electrons. The van der Waals surface area contributed by atoms with E-state index in [1.807, 2.05) is 23.0 Å². The van der Waals surface area contributed by atoms with Crippen molar-refractivity contribution in [2.75, 3.05) is 32.1 Å². The van der Waals surface area contributed by atoms with Gasteiger partial charge in [0, 0.05) is 38.5 Å². The Hall–Kier alpha value is -4.16. The van der Waals surface area contributed by atoms with Crippen molar-refractivity contribution in [2.24, 2.45) is 0 Å². The molecule has 2 fully saturated rings. The molecular weight excluding hydrogens is 452 g/mol. The molecule has 2 saturated heterocycles. The Bertz CT molecular complexity index is 1400. The summed E-state index contributed by atoms with van der Waals surface area (Å²) in [7, 11) is 1.64. The van der Waals surface area contributed by atoms with Crippen LogP contribution in [-0.4, -0.2) is 72.6 Å². The van der Waals surface area contributed by atoms with Gasteiger partial charge in [-0.25, -0.2) is 15.0 Å². The number of pyridine rings is 1. The highest BCUT2D eigenvalue weighted by atomic mass is 16.5. The van der Waals surface area contributed by atoms with Gasteiger partial charge >= 0.3 is 0 Å². The maximum atomic E-state index is 12.4. The van der Waals surface area contributed by atoms with Gasteiger partial charge in [-0.15, -0.1) is 0 Å². The molecule has 0 aromatic carbocycles. The first-order valence-corrected chi connectivity index (χ1v) is 11.1. The maximum absolute atomic E-state index is 12.4. The molecule has 0 spiro atoms. The Balaban J connectivity index is 1.23. The van der Waals surface area contributed by atoms with Crippen LogP contribution in [0.4, 0.5) is 11.6 Å². The van der Waals surface area contributed by atoms with Gasteiger partial charge in [0.15, 0.2) is 5.76 Å². The van der Waals surface area contributed by atoms with Crippen molar-refractivity contribution in [3.05, 3.63) is 54.7 Å². The molecule has 2 N–H and O–H groups in total. The maximum Gasteiger partial charge on any atom is 0.262 e. The first kappa shape index (κ1) is 21.4. The molecule has 6 heterocycles. The van der Waals surface area contributed by atoms with Crippen molar-refractivity contribution in [1.29, 1.82) is 0 Å². The van der Waals surface area contributed by atoms with Crippen LogP contribution in [0.25, 0.3) is 22.8 Å². The zero-order chi connectivity index (χ0) is 24.0. The molecule has 12 nitrogen and oxygen atoms in total. The molecule has 35 heavy (non-hydrogen) atoms. The van der Waals surface area contributed by atoms with Crippen LogP contribution in [0, 0.1) is 0 Å². The zero-order valence-corrected chi connectivity index (χ0v) is 18.8. The molecule has 2 aliphatic rings. The third-order valence-corrected chi connectivity index (χ3v) is 6.21. The van der Waals surface area contributed by atoms with Crippen molar-refractivity contribution >= 4 is 17.5 Å². The molecule has 0 saturated carbocycles. The Morgan fingerprint density at radius 3 is 2.69 bits per heavy atom. The van der Waals surface area contributed by atoms with Crippen LogP contribution in [0.15, 0.2) is 53.4 Å². The second kappa shape index (κ2) is 8.25. The summed E-state index contributed by atoms with van der Waals surface area (Å²) >= 11 is 0. The number of likely N-dealkylation sites (N-methyl/N-ethyl adjacent to an activating group) is 1. The number of rotatable bonds is 6. The summed E-state index contributed by atoms with van der Waals surface area (Å²) in [6.07, 6.45) is 5.50. The number of anilines is 2. The van der Waals surface area contributed by atoms with Crippen LogP contribution in [0.3, 0.4) is 0 Å². The number of likely N-dealkylation sites (tertiary alicyclic amines) is 1. The van der Waals surface area contributed by atoms with E-state index in [4.69, 9.17) is 9.26 Å². The summed E-state index contributed by atoms with van der Waals surface area (Å²) in [5.41, 5.74) is 1.23. The first-order valence-electron chi connectivity index (χ1n) is 11.1. The number of nitrogens with one attached hydrogen (secondary N) is 1. The van der Waals surface area contributed by atoms with Crippen molar-refractivity contribution in [3.63, 3.8) is 0 Å². The summed E-state index contributed by atoms with van der Waals surface area (Å²) in [6.45, 7) is 1.77. The van der Waals surface area contributed by atoms with E-state index in [2.05, 4.69) is 30.5 Å². The number of carbonyl (C=O) groups is 1. The van der Waals surface area contributed by atoms with Crippen LogP contribution in [0.2, 0.25) is 0 Å². The van der Waals surface area contributed by atoms with Crippen molar-refractivity contribution in [3.8, 4) is 22.8 Å². The normalized spacial score (nSPS) is 20.3. The molecule has 1 atom stereocenters. The first-order chi connectivity index (χ1) is 17.0. The fourth-order valence-corrected chi connectivity index (χ4v) is 4.06. The summed E-state index contributed by atoms with van der Waals surface area (Å²) < 4.78 is 12.4. The Morgan fingerprint density at radius 2 is 1.94 bits per heavy atom. The van der Waals surface area contributed by atoms with Crippen LogP contribution in [0.5, 0.6) is 0 Å². The predicted octanol–water partition coefficient (Wildman–Crippen LogP) is 1.75. The lowest BCUT2D eigenvalue weighted by atomic mass is 9.98.